The van der Waals surface area contributed by atoms with E-state index in [1.807, 2.05) is 0 Å². The van der Waals surface area contributed by atoms with Crippen molar-refractivity contribution in [2.24, 2.45) is 5.92 Å². The summed E-state index contributed by atoms with van der Waals surface area (Å²) < 4.78 is 6.45. The van der Waals surface area contributed by atoms with Crippen LogP contribution in [0.5, 0.6) is 0 Å². The number of aliphatic hydroxyl groups is 1. The summed E-state index contributed by atoms with van der Waals surface area (Å²) in [4.78, 5) is 0. The molecule has 1 saturated heterocycles. The molecule has 0 radical (unpaired) electrons. The largest absolute Gasteiger partial charge is 0.394 e. The first-order valence-corrected chi connectivity index (χ1v) is 9.19. The van der Waals surface area contributed by atoms with Gasteiger partial charge >= 0.3 is 0 Å². The summed E-state index contributed by atoms with van der Waals surface area (Å²) >= 11 is 0. The zero-order valence-electron chi connectivity index (χ0n) is 13.7. The molecule has 2 aliphatic carbocycles. The molecule has 0 aromatic heterocycles. The number of ether oxygens (including phenoxy) is 1. The monoisotopic (exact) mass is 295 g/mol. The molecule has 3 aliphatic rings. The van der Waals surface area contributed by atoms with E-state index in [-0.39, 0.29) is 17.7 Å². The lowest BCUT2D eigenvalue weighted by Crippen LogP contribution is -2.53. The molecule has 122 valence electrons. The van der Waals surface area contributed by atoms with Gasteiger partial charge in [-0.25, -0.2) is 0 Å². The van der Waals surface area contributed by atoms with E-state index in [9.17, 15) is 5.11 Å². The van der Waals surface area contributed by atoms with E-state index in [2.05, 4.69) is 12.2 Å². The number of rotatable bonds is 4. The number of hydrogen-bond acceptors (Lipinski definition) is 3. The van der Waals surface area contributed by atoms with E-state index in [0.717, 1.165) is 25.3 Å². The lowest BCUT2D eigenvalue weighted by Gasteiger charge is -2.40. The van der Waals surface area contributed by atoms with Gasteiger partial charge in [0.1, 0.15) is 0 Å². The van der Waals surface area contributed by atoms with Gasteiger partial charge in [0.05, 0.1) is 18.3 Å². The Morgan fingerprint density at radius 1 is 1.05 bits per heavy atom. The average molecular weight is 295 g/mol. The molecule has 3 unspecified atom stereocenters. The van der Waals surface area contributed by atoms with Gasteiger partial charge in [0.2, 0.25) is 0 Å². The Morgan fingerprint density at radius 2 is 1.86 bits per heavy atom. The second-order valence-corrected chi connectivity index (χ2v) is 8.04. The molecule has 1 aliphatic heterocycles. The van der Waals surface area contributed by atoms with Gasteiger partial charge in [-0.15, -0.1) is 0 Å². The van der Waals surface area contributed by atoms with Crippen LogP contribution in [-0.4, -0.2) is 35.5 Å². The number of nitrogens with one attached hydrogen (secondary N) is 1. The average Bonchev–Trinajstić information content (AvgIpc) is 2.89. The Balaban J connectivity index is 1.50. The van der Waals surface area contributed by atoms with Crippen LogP contribution in [0.1, 0.15) is 77.6 Å². The predicted octanol–water partition coefficient (Wildman–Crippen LogP) is 3.40. The minimum atomic E-state index is -0.0383. The Labute approximate surface area is 129 Å². The first kappa shape index (κ1) is 15.8. The Morgan fingerprint density at radius 3 is 2.57 bits per heavy atom. The van der Waals surface area contributed by atoms with Crippen molar-refractivity contribution in [2.75, 3.05) is 13.2 Å². The highest BCUT2D eigenvalue weighted by atomic mass is 16.5. The molecule has 2 saturated carbocycles. The van der Waals surface area contributed by atoms with Crippen LogP contribution in [-0.2, 0) is 4.74 Å². The van der Waals surface area contributed by atoms with Gasteiger partial charge in [-0.2, -0.15) is 0 Å². The predicted molar refractivity (Wildman–Crippen MR) is 85.4 cm³/mol. The third-order valence-electron chi connectivity index (χ3n) is 6.20. The van der Waals surface area contributed by atoms with E-state index in [4.69, 9.17) is 4.74 Å². The van der Waals surface area contributed by atoms with Crippen molar-refractivity contribution in [1.29, 1.82) is 0 Å². The molecule has 3 atom stereocenters. The maximum atomic E-state index is 9.87. The van der Waals surface area contributed by atoms with Gasteiger partial charge in [-0.3, -0.25) is 0 Å². The molecule has 0 aromatic carbocycles. The molecule has 1 heterocycles. The fourth-order valence-electron chi connectivity index (χ4n) is 4.95. The van der Waals surface area contributed by atoms with E-state index < -0.39 is 0 Å². The summed E-state index contributed by atoms with van der Waals surface area (Å²) in [5.41, 5.74) is 0.181. The number of aliphatic hydroxyl groups excluding tert-OH is 1. The lowest BCUT2D eigenvalue weighted by molar-refractivity contribution is -0.0660. The topological polar surface area (TPSA) is 41.5 Å². The van der Waals surface area contributed by atoms with Crippen LogP contribution in [0.15, 0.2) is 0 Å². The van der Waals surface area contributed by atoms with Gasteiger partial charge in [0.15, 0.2) is 0 Å². The van der Waals surface area contributed by atoms with Crippen molar-refractivity contribution in [1.82, 2.24) is 5.32 Å². The van der Waals surface area contributed by atoms with E-state index >= 15 is 0 Å². The van der Waals surface area contributed by atoms with Gasteiger partial charge in [-0.05, 0) is 44.4 Å². The van der Waals surface area contributed by atoms with Crippen LogP contribution in [0.25, 0.3) is 0 Å². The van der Waals surface area contributed by atoms with Crippen LogP contribution >= 0.6 is 0 Å². The molecule has 21 heavy (non-hydrogen) atoms. The third kappa shape index (κ3) is 3.62. The van der Waals surface area contributed by atoms with E-state index in [1.165, 1.54) is 57.8 Å². The fourth-order valence-corrected chi connectivity index (χ4v) is 4.95. The minimum absolute atomic E-state index is 0.0383. The van der Waals surface area contributed by atoms with Gasteiger partial charge in [0.25, 0.3) is 0 Å². The second-order valence-electron chi connectivity index (χ2n) is 8.04. The summed E-state index contributed by atoms with van der Waals surface area (Å²) in [5, 5.41) is 13.6. The molecule has 3 heteroatoms. The molecular formula is C18H33NO2. The van der Waals surface area contributed by atoms with Crippen molar-refractivity contribution in [2.45, 2.75) is 94.8 Å². The number of hydrogen-bond donors (Lipinski definition) is 2. The molecule has 2 N–H and O–H groups in total. The van der Waals surface area contributed by atoms with Gasteiger partial charge in [-0.1, -0.05) is 39.0 Å². The molecule has 0 aromatic rings. The molecular weight excluding hydrogens is 262 g/mol. The minimum Gasteiger partial charge on any atom is -0.394 e. The van der Waals surface area contributed by atoms with Gasteiger partial charge in [0, 0.05) is 12.1 Å². The summed E-state index contributed by atoms with van der Waals surface area (Å²) in [5.74, 6) is 0.729. The molecule has 3 nitrogen and oxygen atoms in total. The normalized spacial score (nSPS) is 39.7. The molecule has 3 fully saturated rings. The van der Waals surface area contributed by atoms with Crippen LogP contribution in [0.2, 0.25) is 0 Å². The SMILES string of the molecule is CC1CCCC(CO)(NCC2CCC3(CCCCC3)O2)C1. The van der Waals surface area contributed by atoms with Gasteiger partial charge < -0.3 is 15.2 Å². The summed E-state index contributed by atoms with van der Waals surface area (Å²) in [6, 6.07) is 0. The Hall–Kier alpha value is -0.120. The van der Waals surface area contributed by atoms with Crippen molar-refractivity contribution in [3.8, 4) is 0 Å². The van der Waals surface area contributed by atoms with Crippen LogP contribution in [0.3, 0.4) is 0 Å². The maximum Gasteiger partial charge on any atom is 0.0708 e. The Kier molecular flexibility index (Phi) is 4.92. The highest BCUT2D eigenvalue weighted by molar-refractivity contribution is 4.96. The maximum absolute atomic E-state index is 9.87. The smallest absolute Gasteiger partial charge is 0.0708 e. The van der Waals surface area contributed by atoms with Crippen molar-refractivity contribution >= 4 is 0 Å². The van der Waals surface area contributed by atoms with E-state index in [1.54, 1.807) is 0 Å². The highest BCUT2D eigenvalue weighted by Crippen LogP contribution is 2.42. The Bertz CT molecular complexity index is 340. The zero-order chi connectivity index (χ0) is 14.8. The van der Waals surface area contributed by atoms with E-state index in [0.29, 0.717) is 6.10 Å². The van der Waals surface area contributed by atoms with Crippen LogP contribution < -0.4 is 5.32 Å². The first-order chi connectivity index (χ1) is 10.2. The van der Waals surface area contributed by atoms with Crippen LogP contribution in [0.4, 0.5) is 0 Å². The van der Waals surface area contributed by atoms with Crippen LogP contribution in [0, 0.1) is 5.92 Å². The summed E-state index contributed by atoms with van der Waals surface area (Å²) in [7, 11) is 0. The highest BCUT2D eigenvalue weighted by Gasteiger charge is 2.42. The second kappa shape index (κ2) is 6.55. The standard InChI is InChI=1S/C18H33NO2/c1-15-6-5-8-17(12-15,14-20)19-13-16-7-11-18(21-16)9-3-2-4-10-18/h15-16,19-20H,2-14H2,1H3. The molecule has 1 spiro atoms. The van der Waals surface area contributed by atoms with Crippen molar-refractivity contribution in [3.05, 3.63) is 0 Å². The molecule has 0 amide bonds. The molecule has 3 rings (SSSR count). The van der Waals surface area contributed by atoms with Crippen molar-refractivity contribution in [3.63, 3.8) is 0 Å². The quantitative estimate of drug-likeness (QED) is 0.835. The fraction of sp³-hybridized carbons (Fsp3) is 1.00. The zero-order valence-corrected chi connectivity index (χ0v) is 13.7. The first-order valence-electron chi connectivity index (χ1n) is 9.19. The lowest BCUT2D eigenvalue weighted by atomic mass is 9.77. The summed E-state index contributed by atoms with van der Waals surface area (Å²) in [6.45, 7) is 3.51. The third-order valence-corrected chi connectivity index (χ3v) is 6.20. The summed E-state index contributed by atoms with van der Waals surface area (Å²) in [6.07, 6.45) is 14.2. The van der Waals surface area contributed by atoms with Crippen molar-refractivity contribution < 1.29 is 9.84 Å². The molecule has 0 bridgehead atoms.